The Balaban J connectivity index is 0.000000189. The minimum atomic E-state index is -0.978. The topological polar surface area (TPSA) is 97.4 Å². The first kappa shape index (κ1) is 22.0. The molecule has 0 saturated carbocycles. The molecule has 9 nitrogen and oxygen atoms in total. The predicted octanol–water partition coefficient (Wildman–Crippen LogP) is 2.15. The molecular formula is C20H19F2N3O6S. The zero-order valence-corrected chi connectivity index (χ0v) is 17.7. The number of morpholine rings is 1. The van der Waals surface area contributed by atoms with Gasteiger partial charge in [-0.05, 0) is 12.1 Å². The smallest absolute Gasteiger partial charge is 0.414 e. The van der Waals surface area contributed by atoms with Crippen LogP contribution in [-0.4, -0.2) is 64.0 Å². The molecule has 1 N–H and O–H groups in total. The van der Waals surface area contributed by atoms with Crippen LogP contribution in [0.1, 0.15) is 9.67 Å². The minimum Gasteiger partial charge on any atom is -0.489 e. The van der Waals surface area contributed by atoms with Gasteiger partial charge in [-0.25, -0.2) is 9.18 Å². The molecule has 2 aromatic rings. The highest BCUT2D eigenvalue weighted by molar-refractivity contribution is 7.12. The van der Waals surface area contributed by atoms with Gasteiger partial charge in [-0.3, -0.25) is 14.5 Å². The first-order valence-electron chi connectivity index (χ1n) is 9.67. The Kier molecular flexibility index (Phi) is 6.24. The van der Waals surface area contributed by atoms with Crippen molar-refractivity contribution < 1.29 is 37.4 Å². The number of thiophene rings is 1. The van der Waals surface area contributed by atoms with Crippen molar-refractivity contribution in [3.05, 3.63) is 40.1 Å². The lowest BCUT2D eigenvalue weighted by atomic mass is 10.1. The predicted molar refractivity (Wildman–Crippen MR) is 110 cm³/mol. The van der Waals surface area contributed by atoms with E-state index in [9.17, 15) is 23.2 Å². The summed E-state index contributed by atoms with van der Waals surface area (Å²) in [5.41, 5.74) is 1.45. The highest BCUT2D eigenvalue weighted by atomic mass is 32.1. The molecule has 2 saturated heterocycles. The fraction of sp³-hybridized carbons (Fsp3) is 0.350. The van der Waals surface area contributed by atoms with Gasteiger partial charge in [-0.1, -0.05) is 11.3 Å². The normalized spacial score (nSPS) is 19.3. The van der Waals surface area contributed by atoms with Gasteiger partial charge in [0.2, 0.25) is 5.13 Å². The van der Waals surface area contributed by atoms with Gasteiger partial charge >= 0.3 is 6.09 Å². The molecule has 4 heterocycles. The molecule has 1 aromatic carbocycles. The van der Waals surface area contributed by atoms with E-state index in [1.807, 2.05) is 6.07 Å². The first-order valence-corrected chi connectivity index (χ1v) is 10.5. The number of halogens is 2. The number of rotatable bonds is 2. The number of carbonyl (C=O) groups is 3. The van der Waals surface area contributed by atoms with Gasteiger partial charge in [0, 0.05) is 31.4 Å². The molecule has 5 rings (SSSR count). The average molecular weight is 467 g/mol. The summed E-state index contributed by atoms with van der Waals surface area (Å²) < 4.78 is 40.5. The van der Waals surface area contributed by atoms with E-state index in [0.717, 1.165) is 11.8 Å². The number of benzene rings is 1. The highest BCUT2D eigenvalue weighted by Crippen LogP contribution is 2.39. The number of fused-ring (bicyclic) bond motifs is 3. The zero-order chi connectivity index (χ0) is 22.8. The number of anilines is 2. The summed E-state index contributed by atoms with van der Waals surface area (Å²) in [5, 5.41) is 1.30. The lowest BCUT2D eigenvalue weighted by Crippen LogP contribution is -2.43. The van der Waals surface area contributed by atoms with Crippen molar-refractivity contribution in [3.63, 3.8) is 0 Å². The van der Waals surface area contributed by atoms with Gasteiger partial charge in [0.15, 0.2) is 5.82 Å². The Morgan fingerprint density at radius 2 is 1.97 bits per heavy atom. The molecular weight excluding hydrogens is 448 g/mol. The second-order valence-electron chi connectivity index (χ2n) is 6.97. The molecule has 0 spiro atoms. The number of ether oxygens (including phenoxy) is 3. The number of carbonyl (C=O) groups excluding carboxylic acids is 3. The number of nitrogens with one attached hydrogen (secondary N) is 1. The molecule has 32 heavy (non-hydrogen) atoms. The van der Waals surface area contributed by atoms with E-state index in [1.165, 1.54) is 7.05 Å². The van der Waals surface area contributed by atoms with E-state index in [1.54, 1.807) is 21.9 Å². The molecule has 3 amide bonds. The number of nitrogens with zero attached hydrogens (tertiary/aromatic N) is 2. The maximum absolute atomic E-state index is 12.3. The fourth-order valence-corrected chi connectivity index (χ4v) is 4.13. The van der Waals surface area contributed by atoms with E-state index >= 15 is 0 Å². The second kappa shape index (κ2) is 9.09. The number of amides is 3. The van der Waals surface area contributed by atoms with Crippen LogP contribution in [0, 0.1) is 10.9 Å². The Morgan fingerprint density at radius 1 is 1.19 bits per heavy atom. The van der Waals surface area contributed by atoms with Crippen molar-refractivity contribution >= 4 is 40.6 Å². The van der Waals surface area contributed by atoms with Crippen LogP contribution in [0.2, 0.25) is 0 Å². The van der Waals surface area contributed by atoms with E-state index in [0.29, 0.717) is 49.1 Å². The number of hydrogen-bond acceptors (Lipinski definition) is 7. The van der Waals surface area contributed by atoms with E-state index in [-0.39, 0.29) is 29.5 Å². The third kappa shape index (κ3) is 4.23. The van der Waals surface area contributed by atoms with Crippen LogP contribution in [0.4, 0.5) is 25.0 Å². The van der Waals surface area contributed by atoms with Gasteiger partial charge in [-0.15, -0.1) is 0 Å². The Bertz CT molecular complexity index is 1040. The molecule has 1 atom stereocenters. The Labute approximate surface area is 185 Å². The fourth-order valence-electron chi connectivity index (χ4n) is 3.42. The van der Waals surface area contributed by atoms with Gasteiger partial charge in [0.25, 0.3) is 11.8 Å². The van der Waals surface area contributed by atoms with Crippen LogP contribution in [-0.2, 0) is 14.3 Å². The van der Waals surface area contributed by atoms with Crippen LogP contribution < -0.4 is 19.9 Å². The van der Waals surface area contributed by atoms with Gasteiger partial charge in [0.05, 0.1) is 17.2 Å². The summed E-state index contributed by atoms with van der Waals surface area (Å²) in [6.07, 6.45) is -0.347. The van der Waals surface area contributed by atoms with E-state index in [2.05, 4.69) is 5.32 Å². The number of cyclic esters (lactones) is 1. The monoisotopic (exact) mass is 467 g/mol. The third-order valence-electron chi connectivity index (χ3n) is 4.99. The summed E-state index contributed by atoms with van der Waals surface area (Å²) in [4.78, 5) is 37.7. The SMILES string of the molecule is CNC(=O)c1cc(F)c(F)s1.O=C1COCCN1c1ccc2c(c1)OCC1COC(=O)N21. The third-order valence-corrected chi connectivity index (χ3v) is 5.89. The van der Waals surface area contributed by atoms with Gasteiger partial charge < -0.3 is 24.4 Å². The molecule has 0 aliphatic carbocycles. The summed E-state index contributed by atoms with van der Waals surface area (Å²) in [7, 11) is 1.40. The van der Waals surface area contributed by atoms with Gasteiger partial charge in [-0.2, -0.15) is 4.39 Å². The summed E-state index contributed by atoms with van der Waals surface area (Å²) >= 11 is 0.493. The van der Waals surface area contributed by atoms with Crippen molar-refractivity contribution in [2.45, 2.75) is 6.04 Å². The van der Waals surface area contributed by atoms with E-state index < -0.39 is 16.9 Å². The largest absolute Gasteiger partial charge is 0.489 e. The lowest BCUT2D eigenvalue weighted by Gasteiger charge is -2.31. The van der Waals surface area contributed by atoms with Crippen molar-refractivity contribution in [3.8, 4) is 5.75 Å². The van der Waals surface area contributed by atoms with Crippen LogP contribution in [0.5, 0.6) is 5.75 Å². The average Bonchev–Trinajstić information content (AvgIpc) is 3.35. The lowest BCUT2D eigenvalue weighted by molar-refractivity contribution is -0.125. The zero-order valence-electron chi connectivity index (χ0n) is 16.9. The second-order valence-corrected chi connectivity index (χ2v) is 7.98. The molecule has 3 aliphatic rings. The van der Waals surface area contributed by atoms with E-state index in [4.69, 9.17) is 14.2 Å². The van der Waals surface area contributed by atoms with Crippen molar-refractivity contribution in [2.24, 2.45) is 0 Å². The van der Waals surface area contributed by atoms with Crippen molar-refractivity contribution in [2.75, 3.05) is 49.8 Å². The Morgan fingerprint density at radius 3 is 2.66 bits per heavy atom. The quantitative estimate of drug-likeness (QED) is 0.727. The molecule has 1 aromatic heterocycles. The van der Waals surface area contributed by atoms with Crippen LogP contribution in [0.3, 0.4) is 0 Å². The van der Waals surface area contributed by atoms with Crippen molar-refractivity contribution in [1.29, 1.82) is 0 Å². The first-order chi connectivity index (χ1) is 15.4. The highest BCUT2D eigenvalue weighted by Gasteiger charge is 2.39. The molecule has 12 heteroatoms. The maximum Gasteiger partial charge on any atom is 0.414 e. The summed E-state index contributed by atoms with van der Waals surface area (Å²) in [5.74, 6) is -0.927. The Hall–Kier alpha value is -3.25. The van der Waals surface area contributed by atoms with Crippen LogP contribution in [0.25, 0.3) is 0 Å². The molecule has 3 aliphatic heterocycles. The summed E-state index contributed by atoms with van der Waals surface area (Å²) in [6, 6.07) is 6.21. The van der Waals surface area contributed by atoms with Gasteiger partial charge in [0.1, 0.15) is 31.6 Å². The minimum absolute atomic E-state index is 0.0440. The summed E-state index contributed by atoms with van der Waals surface area (Å²) in [6.45, 7) is 1.88. The molecule has 170 valence electrons. The molecule has 2 fully saturated rings. The van der Waals surface area contributed by atoms with Crippen LogP contribution in [0.15, 0.2) is 24.3 Å². The van der Waals surface area contributed by atoms with Crippen LogP contribution >= 0.6 is 11.3 Å². The van der Waals surface area contributed by atoms with Crippen molar-refractivity contribution in [1.82, 2.24) is 5.32 Å². The molecule has 0 radical (unpaired) electrons. The number of hydrogen-bond donors (Lipinski definition) is 1. The maximum atomic E-state index is 12.3. The molecule has 0 bridgehead atoms. The standard InChI is InChI=1S/C14H14N2O5.C6H5F2NOS/c17-13-8-19-4-3-15(13)9-1-2-11-12(5-9)20-6-10-7-21-14(18)16(10)11;1-9-6(10)4-2-3(7)5(8)11-4/h1-2,5,10H,3-4,6-8H2;2H,1H3,(H,9,10). The molecule has 1 unspecified atom stereocenters.